The summed E-state index contributed by atoms with van der Waals surface area (Å²) in [5.41, 5.74) is 0. The molecular formula is C16H19NO. The Morgan fingerprint density at radius 1 is 1.06 bits per heavy atom. The van der Waals surface area contributed by atoms with Gasteiger partial charge >= 0.3 is 0 Å². The second kappa shape index (κ2) is 5.40. The lowest BCUT2D eigenvalue weighted by Gasteiger charge is -2.23. The highest BCUT2D eigenvalue weighted by molar-refractivity contribution is 5.83. The van der Waals surface area contributed by atoms with Gasteiger partial charge in [-0.1, -0.05) is 36.8 Å². The van der Waals surface area contributed by atoms with Gasteiger partial charge in [0.15, 0.2) is 0 Å². The van der Waals surface area contributed by atoms with Gasteiger partial charge in [0, 0.05) is 6.04 Å². The van der Waals surface area contributed by atoms with Crippen molar-refractivity contribution in [2.24, 2.45) is 0 Å². The van der Waals surface area contributed by atoms with E-state index in [1.54, 1.807) is 0 Å². The topological polar surface area (TPSA) is 21.3 Å². The Morgan fingerprint density at radius 2 is 1.94 bits per heavy atom. The van der Waals surface area contributed by atoms with Crippen LogP contribution in [0.3, 0.4) is 0 Å². The zero-order valence-corrected chi connectivity index (χ0v) is 10.6. The minimum atomic E-state index is 0.519. The first-order valence-corrected chi connectivity index (χ1v) is 6.77. The average molecular weight is 241 g/mol. The van der Waals surface area contributed by atoms with Gasteiger partial charge in [0.25, 0.3) is 0 Å². The third-order valence-electron chi connectivity index (χ3n) is 3.58. The maximum atomic E-state index is 5.89. The van der Waals surface area contributed by atoms with E-state index in [0.29, 0.717) is 6.04 Å². The molecule has 18 heavy (non-hydrogen) atoms. The van der Waals surface area contributed by atoms with E-state index in [1.165, 1.54) is 30.0 Å². The molecule has 0 radical (unpaired) electrons. The summed E-state index contributed by atoms with van der Waals surface area (Å²) < 4.78 is 5.89. The lowest BCUT2D eigenvalue weighted by atomic mass is 10.1. The Labute approximate surface area is 108 Å². The molecule has 0 unspecified atom stereocenters. The van der Waals surface area contributed by atoms with Crippen molar-refractivity contribution in [3.63, 3.8) is 0 Å². The van der Waals surface area contributed by atoms with E-state index in [-0.39, 0.29) is 0 Å². The van der Waals surface area contributed by atoms with Gasteiger partial charge in [-0.2, -0.15) is 0 Å². The fourth-order valence-electron chi connectivity index (χ4n) is 2.52. The van der Waals surface area contributed by atoms with Crippen molar-refractivity contribution < 1.29 is 4.74 Å². The SMILES string of the molecule is c1ccc2cc(OC[C@@H]3CCCCN3)ccc2c1. The van der Waals surface area contributed by atoms with Crippen LogP contribution in [0.2, 0.25) is 0 Å². The van der Waals surface area contributed by atoms with Crippen LogP contribution in [0.15, 0.2) is 42.5 Å². The van der Waals surface area contributed by atoms with Gasteiger partial charge < -0.3 is 10.1 Å². The van der Waals surface area contributed by atoms with Crippen LogP contribution >= 0.6 is 0 Å². The highest BCUT2D eigenvalue weighted by Crippen LogP contribution is 2.21. The summed E-state index contributed by atoms with van der Waals surface area (Å²) in [6, 6.07) is 15.2. The number of piperidine rings is 1. The first kappa shape index (κ1) is 11.5. The zero-order chi connectivity index (χ0) is 12.2. The van der Waals surface area contributed by atoms with Gasteiger partial charge in [0.1, 0.15) is 12.4 Å². The van der Waals surface area contributed by atoms with Crippen LogP contribution in [0.1, 0.15) is 19.3 Å². The summed E-state index contributed by atoms with van der Waals surface area (Å²) in [6.45, 7) is 1.91. The van der Waals surface area contributed by atoms with Crippen LogP contribution in [0.25, 0.3) is 10.8 Å². The van der Waals surface area contributed by atoms with Crippen LogP contribution in [0, 0.1) is 0 Å². The normalized spacial score (nSPS) is 19.9. The summed E-state index contributed by atoms with van der Waals surface area (Å²) in [5.74, 6) is 0.973. The second-order valence-corrected chi connectivity index (χ2v) is 4.97. The van der Waals surface area contributed by atoms with Crippen molar-refractivity contribution in [1.29, 1.82) is 0 Å². The molecular weight excluding hydrogens is 222 g/mol. The van der Waals surface area contributed by atoms with Gasteiger partial charge in [0.2, 0.25) is 0 Å². The average Bonchev–Trinajstić information content (AvgIpc) is 2.46. The number of fused-ring (bicyclic) bond motifs is 1. The molecule has 1 saturated heterocycles. The number of benzene rings is 2. The standard InChI is InChI=1S/C16H19NO/c1-2-6-14-11-16(9-8-13(14)5-1)18-12-15-7-3-4-10-17-15/h1-2,5-6,8-9,11,15,17H,3-4,7,10,12H2/t15-/m0/s1. The van der Waals surface area contributed by atoms with Crippen molar-refractivity contribution in [3.8, 4) is 5.75 Å². The van der Waals surface area contributed by atoms with Crippen molar-refractivity contribution in [2.45, 2.75) is 25.3 Å². The first-order chi connectivity index (χ1) is 8.92. The monoisotopic (exact) mass is 241 g/mol. The molecule has 3 rings (SSSR count). The second-order valence-electron chi connectivity index (χ2n) is 4.97. The largest absolute Gasteiger partial charge is 0.492 e. The van der Waals surface area contributed by atoms with E-state index in [9.17, 15) is 0 Å². The lowest BCUT2D eigenvalue weighted by molar-refractivity contribution is 0.239. The van der Waals surface area contributed by atoms with Crippen LogP contribution in [-0.2, 0) is 0 Å². The van der Waals surface area contributed by atoms with E-state index < -0.39 is 0 Å². The minimum absolute atomic E-state index is 0.519. The molecule has 0 amide bonds. The number of ether oxygens (including phenoxy) is 1. The summed E-state index contributed by atoms with van der Waals surface area (Å²) in [6.07, 6.45) is 3.85. The zero-order valence-electron chi connectivity index (χ0n) is 10.6. The van der Waals surface area contributed by atoms with Crippen molar-refractivity contribution in [2.75, 3.05) is 13.2 Å². The van der Waals surface area contributed by atoms with Gasteiger partial charge in [-0.3, -0.25) is 0 Å². The third-order valence-corrected chi connectivity index (χ3v) is 3.58. The Hall–Kier alpha value is -1.54. The number of nitrogens with one attached hydrogen (secondary N) is 1. The molecule has 0 aliphatic carbocycles. The van der Waals surface area contributed by atoms with Crippen molar-refractivity contribution in [1.82, 2.24) is 5.32 Å². The van der Waals surface area contributed by atoms with Crippen molar-refractivity contribution >= 4 is 10.8 Å². The highest BCUT2D eigenvalue weighted by atomic mass is 16.5. The summed E-state index contributed by atoms with van der Waals surface area (Å²) in [4.78, 5) is 0. The van der Waals surface area contributed by atoms with Crippen LogP contribution in [0.4, 0.5) is 0 Å². The number of rotatable bonds is 3. The van der Waals surface area contributed by atoms with Crippen LogP contribution in [-0.4, -0.2) is 19.2 Å². The van der Waals surface area contributed by atoms with Crippen LogP contribution < -0.4 is 10.1 Å². The molecule has 1 aliphatic heterocycles. The molecule has 0 aromatic heterocycles. The molecule has 1 heterocycles. The van der Waals surface area contributed by atoms with E-state index in [1.807, 2.05) is 0 Å². The Balaban J connectivity index is 1.66. The van der Waals surface area contributed by atoms with E-state index >= 15 is 0 Å². The predicted octanol–water partition coefficient (Wildman–Crippen LogP) is 3.36. The third kappa shape index (κ3) is 2.65. The number of hydrogen-bond donors (Lipinski definition) is 1. The van der Waals surface area contributed by atoms with Crippen LogP contribution in [0.5, 0.6) is 5.75 Å². The molecule has 1 fully saturated rings. The molecule has 0 spiro atoms. The molecule has 2 heteroatoms. The number of hydrogen-bond acceptors (Lipinski definition) is 2. The molecule has 2 aromatic carbocycles. The molecule has 1 aliphatic rings. The first-order valence-electron chi connectivity index (χ1n) is 6.77. The predicted molar refractivity (Wildman–Crippen MR) is 75.1 cm³/mol. The van der Waals surface area contributed by atoms with Gasteiger partial charge in [0.05, 0.1) is 0 Å². The van der Waals surface area contributed by atoms with Gasteiger partial charge in [-0.15, -0.1) is 0 Å². The van der Waals surface area contributed by atoms with Gasteiger partial charge in [-0.25, -0.2) is 0 Å². The summed E-state index contributed by atoms with van der Waals surface area (Å²) in [7, 11) is 0. The fourth-order valence-corrected chi connectivity index (χ4v) is 2.52. The summed E-state index contributed by atoms with van der Waals surface area (Å²) >= 11 is 0. The quantitative estimate of drug-likeness (QED) is 0.889. The Morgan fingerprint density at radius 3 is 2.78 bits per heavy atom. The fraction of sp³-hybridized carbons (Fsp3) is 0.375. The highest BCUT2D eigenvalue weighted by Gasteiger charge is 2.12. The molecule has 2 aromatic rings. The van der Waals surface area contributed by atoms with E-state index in [4.69, 9.17) is 4.74 Å². The molecule has 1 N–H and O–H groups in total. The molecule has 94 valence electrons. The summed E-state index contributed by atoms with van der Waals surface area (Å²) in [5, 5.41) is 6.01. The van der Waals surface area contributed by atoms with E-state index in [2.05, 4.69) is 47.8 Å². The van der Waals surface area contributed by atoms with Crippen molar-refractivity contribution in [3.05, 3.63) is 42.5 Å². The maximum absolute atomic E-state index is 5.89. The smallest absolute Gasteiger partial charge is 0.120 e. The van der Waals surface area contributed by atoms with E-state index in [0.717, 1.165) is 18.9 Å². The minimum Gasteiger partial charge on any atom is -0.492 e. The van der Waals surface area contributed by atoms with Gasteiger partial charge in [-0.05, 0) is 42.3 Å². The lowest BCUT2D eigenvalue weighted by Crippen LogP contribution is -2.38. The molecule has 2 nitrogen and oxygen atoms in total. The molecule has 1 atom stereocenters. The maximum Gasteiger partial charge on any atom is 0.120 e. The Bertz CT molecular complexity index is 517. The molecule has 0 saturated carbocycles. The molecule has 0 bridgehead atoms. The Kier molecular flexibility index (Phi) is 3.47.